The smallest absolute Gasteiger partial charge is 0.159 e. The molecule has 10 aromatic rings. The number of hydrogen-bond acceptors (Lipinski definition) is 2. The lowest BCUT2D eigenvalue weighted by atomic mass is 9.95. The Morgan fingerprint density at radius 1 is 0.315 bits per heavy atom. The van der Waals surface area contributed by atoms with E-state index in [0.29, 0.717) is 0 Å². The fraction of sp³-hybridized carbons (Fsp3) is 0. The molecule has 1 aromatic heterocycles. The van der Waals surface area contributed by atoms with Gasteiger partial charge in [0, 0.05) is 22.1 Å². The van der Waals surface area contributed by atoms with E-state index in [1.807, 2.05) is 6.07 Å². The number of rotatable bonds is 7. The third kappa shape index (κ3) is 5.71. The van der Waals surface area contributed by atoms with E-state index in [9.17, 15) is 0 Å². The molecule has 54 heavy (non-hydrogen) atoms. The van der Waals surface area contributed by atoms with Crippen molar-refractivity contribution >= 4 is 49.8 Å². The summed E-state index contributed by atoms with van der Waals surface area (Å²) in [6, 6.07) is 75.9. The summed E-state index contributed by atoms with van der Waals surface area (Å²) < 4.78 is 6.71. The Hall–Kier alpha value is -7.16. The van der Waals surface area contributed by atoms with Crippen LogP contribution in [0.25, 0.3) is 77.2 Å². The second kappa shape index (κ2) is 13.4. The predicted molar refractivity (Wildman–Crippen MR) is 228 cm³/mol. The van der Waals surface area contributed by atoms with E-state index in [-0.39, 0.29) is 0 Å². The van der Waals surface area contributed by atoms with Crippen molar-refractivity contribution < 1.29 is 4.42 Å². The molecule has 0 aliphatic rings. The van der Waals surface area contributed by atoms with Crippen LogP contribution in [-0.4, -0.2) is 0 Å². The van der Waals surface area contributed by atoms with Gasteiger partial charge < -0.3 is 9.32 Å². The molecule has 10 rings (SSSR count). The van der Waals surface area contributed by atoms with Crippen molar-refractivity contribution in [2.24, 2.45) is 0 Å². The van der Waals surface area contributed by atoms with Gasteiger partial charge in [-0.05, 0) is 104 Å². The summed E-state index contributed by atoms with van der Waals surface area (Å²) in [4.78, 5) is 2.36. The summed E-state index contributed by atoms with van der Waals surface area (Å²) >= 11 is 0. The Morgan fingerprint density at radius 2 is 0.833 bits per heavy atom. The van der Waals surface area contributed by atoms with Gasteiger partial charge in [0.1, 0.15) is 5.58 Å². The van der Waals surface area contributed by atoms with Gasteiger partial charge in [0.15, 0.2) is 5.58 Å². The van der Waals surface area contributed by atoms with Crippen LogP contribution in [0, 0.1) is 0 Å². The van der Waals surface area contributed by atoms with Crippen molar-refractivity contribution in [1.29, 1.82) is 0 Å². The maximum absolute atomic E-state index is 6.71. The molecule has 0 radical (unpaired) electrons. The SMILES string of the molecule is c1ccc(-c2cc(-c3ccccc3)cc(N(c3cccc(-c4cccc(-c5cccc6ccccc56)c4)c3)c3cccc4c3oc3ccccc34)c2)cc1. The highest BCUT2D eigenvalue weighted by Crippen LogP contribution is 2.45. The first-order valence-corrected chi connectivity index (χ1v) is 18.4. The molecule has 0 atom stereocenters. The zero-order valence-electron chi connectivity index (χ0n) is 29.6. The molecule has 1 heterocycles. The lowest BCUT2D eigenvalue weighted by Gasteiger charge is -2.27. The molecular formula is C52H35NO. The fourth-order valence-corrected chi connectivity index (χ4v) is 7.84. The molecule has 0 fully saturated rings. The number of para-hydroxylation sites is 2. The third-order valence-electron chi connectivity index (χ3n) is 10.4. The van der Waals surface area contributed by atoms with Crippen molar-refractivity contribution in [3.05, 3.63) is 212 Å². The van der Waals surface area contributed by atoms with Crippen molar-refractivity contribution in [1.82, 2.24) is 0 Å². The van der Waals surface area contributed by atoms with Gasteiger partial charge in [-0.15, -0.1) is 0 Å². The van der Waals surface area contributed by atoms with E-state index in [2.05, 4.69) is 211 Å². The predicted octanol–water partition coefficient (Wildman–Crippen LogP) is 14.9. The van der Waals surface area contributed by atoms with Gasteiger partial charge in [0.05, 0.1) is 5.69 Å². The van der Waals surface area contributed by atoms with Crippen LogP contribution in [-0.2, 0) is 0 Å². The zero-order chi connectivity index (χ0) is 35.8. The van der Waals surface area contributed by atoms with E-state index in [0.717, 1.165) is 72.4 Å². The van der Waals surface area contributed by atoms with Gasteiger partial charge in [-0.25, -0.2) is 0 Å². The first kappa shape index (κ1) is 31.6. The van der Waals surface area contributed by atoms with E-state index < -0.39 is 0 Å². The molecule has 0 bridgehead atoms. The normalized spacial score (nSPS) is 11.3. The first-order valence-electron chi connectivity index (χ1n) is 18.4. The minimum Gasteiger partial charge on any atom is -0.454 e. The van der Waals surface area contributed by atoms with Crippen molar-refractivity contribution in [2.45, 2.75) is 0 Å². The van der Waals surface area contributed by atoms with Crippen LogP contribution in [0.3, 0.4) is 0 Å². The highest BCUT2D eigenvalue weighted by atomic mass is 16.3. The fourth-order valence-electron chi connectivity index (χ4n) is 7.84. The second-order valence-corrected chi connectivity index (χ2v) is 13.7. The zero-order valence-corrected chi connectivity index (χ0v) is 29.6. The molecule has 0 aliphatic heterocycles. The minimum atomic E-state index is 0.855. The van der Waals surface area contributed by atoms with Crippen LogP contribution in [0.5, 0.6) is 0 Å². The molecule has 9 aromatic carbocycles. The summed E-state index contributed by atoms with van der Waals surface area (Å²) in [6.07, 6.45) is 0. The van der Waals surface area contributed by atoms with Crippen molar-refractivity contribution in [3.8, 4) is 44.5 Å². The average Bonchev–Trinajstić information content (AvgIpc) is 3.64. The van der Waals surface area contributed by atoms with Crippen LogP contribution >= 0.6 is 0 Å². The van der Waals surface area contributed by atoms with Crippen molar-refractivity contribution in [3.63, 3.8) is 0 Å². The highest BCUT2D eigenvalue weighted by molar-refractivity contribution is 6.10. The molecular weight excluding hydrogens is 655 g/mol. The van der Waals surface area contributed by atoms with Crippen LogP contribution < -0.4 is 4.90 Å². The molecule has 0 unspecified atom stereocenters. The molecule has 254 valence electrons. The molecule has 0 saturated carbocycles. The standard InChI is InChI=1S/C52H35NO/c1-3-15-36(16-4-1)42-32-43(37-17-5-2-6-18-37)35-45(34-42)53(50-29-14-28-49-48-26-9-10-30-51(48)54-52(49)50)44-24-12-22-40(33-44)39-21-11-23-41(31-39)47-27-13-20-38-19-7-8-25-46(38)47/h1-35H. The molecule has 2 heteroatoms. The molecule has 2 nitrogen and oxygen atoms in total. The number of hydrogen-bond donors (Lipinski definition) is 0. The highest BCUT2D eigenvalue weighted by Gasteiger charge is 2.21. The molecule has 0 N–H and O–H groups in total. The van der Waals surface area contributed by atoms with E-state index in [4.69, 9.17) is 4.42 Å². The lowest BCUT2D eigenvalue weighted by molar-refractivity contribution is 0.669. The number of anilines is 3. The topological polar surface area (TPSA) is 16.4 Å². The van der Waals surface area contributed by atoms with Gasteiger partial charge in [-0.1, -0.05) is 164 Å². The maximum Gasteiger partial charge on any atom is 0.159 e. The Morgan fingerprint density at radius 3 is 1.61 bits per heavy atom. The number of benzene rings is 9. The average molecular weight is 690 g/mol. The van der Waals surface area contributed by atoms with Gasteiger partial charge in [0.2, 0.25) is 0 Å². The van der Waals surface area contributed by atoms with Crippen LogP contribution in [0.2, 0.25) is 0 Å². The van der Waals surface area contributed by atoms with Gasteiger partial charge in [-0.2, -0.15) is 0 Å². The Bertz CT molecular complexity index is 2880. The van der Waals surface area contributed by atoms with Gasteiger partial charge in [-0.3, -0.25) is 0 Å². The van der Waals surface area contributed by atoms with Crippen LogP contribution in [0.15, 0.2) is 217 Å². The molecule has 0 spiro atoms. The first-order chi connectivity index (χ1) is 26.8. The summed E-state index contributed by atoms with van der Waals surface area (Å²) in [5.74, 6) is 0. The largest absolute Gasteiger partial charge is 0.454 e. The summed E-state index contributed by atoms with van der Waals surface area (Å²) in [7, 11) is 0. The Balaban J connectivity index is 1.19. The van der Waals surface area contributed by atoms with Crippen molar-refractivity contribution in [2.75, 3.05) is 4.90 Å². The summed E-state index contributed by atoms with van der Waals surface area (Å²) in [5.41, 5.74) is 14.1. The maximum atomic E-state index is 6.71. The summed E-state index contributed by atoms with van der Waals surface area (Å²) in [5, 5.41) is 4.69. The molecule has 0 aliphatic carbocycles. The summed E-state index contributed by atoms with van der Waals surface area (Å²) in [6.45, 7) is 0. The lowest BCUT2D eigenvalue weighted by Crippen LogP contribution is -2.11. The monoisotopic (exact) mass is 689 g/mol. The van der Waals surface area contributed by atoms with Crippen LogP contribution in [0.4, 0.5) is 17.1 Å². The minimum absolute atomic E-state index is 0.855. The third-order valence-corrected chi connectivity index (χ3v) is 10.4. The van der Waals surface area contributed by atoms with E-state index in [1.165, 1.54) is 21.9 Å². The van der Waals surface area contributed by atoms with E-state index >= 15 is 0 Å². The Kier molecular flexibility index (Phi) is 7.85. The molecule has 0 amide bonds. The number of nitrogens with zero attached hydrogens (tertiary/aromatic N) is 1. The van der Waals surface area contributed by atoms with Gasteiger partial charge >= 0.3 is 0 Å². The Labute approximate surface area is 314 Å². The second-order valence-electron chi connectivity index (χ2n) is 13.7. The van der Waals surface area contributed by atoms with Gasteiger partial charge in [0.25, 0.3) is 0 Å². The number of fused-ring (bicyclic) bond motifs is 4. The van der Waals surface area contributed by atoms with Crippen LogP contribution in [0.1, 0.15) is 0 Å². The quantitative estimate of drug-likeness (QED) is 0.166. The number of furan rings is 1. The molecule has 0 saturated heterocycles. The van der Waals surface area contributed by atoms with E-state index in [1.54, 1.807) is 0 Å².